The molecule has 5 rings (SSSR count). The zero-order valence-electron chi connectivity index (χ0n) is 15.3. The molecule has 146 valence electrons. The minimum Gasteiger partial charge on any atom is -0.454 e. The number of thioether (sulfide) groups is 1. The van der Waals surface area contributed by atoms with Crippen LogP contribution in [0, 0.1) is 0 Å². The zero-order valence-corrected chi connectivity index (χ0v) is 16.1. The summed E-state index contributed by atoms with van der Waals surface area (Å²) in [6, 6.07) is 15.3. The monoisotopic (exact) mass is 408 g/mol. The number of fused-ring (bicyclic) bond motifs is 1. The third-order valence-electron chi connectivity index (χ3n) is 4.54. The standard InChI is InChI=1S/C20H16N4O4S/c25-18(24-9-8-15(23-24)13-4-2-1-3-5-13)11-29-20-22-21-19(28-20)14-6-7-16-17(10-14)27-12-26-16/h1-7,10H,8-9,11-12H2. The maximum Gasteiger partial charge on any atom is 0.277 e. The van der Waals surface area contributed by atoms with E-state index in [1.807, 2.05) is 36.4 Å². The van der Waals surface area contributed by atoms with Crippen molar-refractivity contribution >= 4 is 23.4 Å². The van der Waals surface area contributed by atoms with Gasteiger partial charge in [0.1, 0.15) is 0 Å². The maximum atomic E-state index is 12.5. The number of aromatic nitrogens is 2. The minimum absolute atomic E-state index is 0.0937. The molecule has 0 aliphatic carbocycles. The number of carbonyl (C=O) groups is 1. The Morgan fingerprint density at radius 3 is 2.79 bits per heavy atom. The Balaban J connectivity index is 1.21. The van der Waals surface area contributed by atoms with Gasteiger partial charge in [-0.1, -0.05) is 42.1 Å². The van der Waals surface area contributed by atoms with Crippen LogP contribution in [0.5, 0.6) is 11.5 Å². The van der Waals surface area contributed by atoms with Crippen LogP contribution in [0.3, 0.4) is 0 Å². The third-order valence-corrected chi connectivity index (χ3v) is 5.35. The van der Waals surface area contributed by atoms with Crippen molar-refractivity contribution in [3.05, 3.63) is 54.1 Å². The fraction of sp³-hybridized carbons (Fsp3) is 0.200. The highest BCUT2D eigenvalue weighted by Gasteiger charge is 2.23. The lowest BCUT2D eigenvalue weighted by Crippen LogP contribution is -2.25. The van der Waals surface area contributed by atoms with Crippen LogP contribution in [-0.4, -0.2) is 45.9 Å². The Labute approximate surface area is 170 Å². The van der Waals surface area contributed by atoms with E-state index in [-0.39, 0.29) is 18.5 Å². The van der Waals surface area contributed by atoms with E-state index in [0.29, 0.717) is 29.2 Å². The Bertz CT molecular complexity index is 1080. The largest absolute Gasteiger partial charge is 0.454 e. The van der Waals surface area contributed by atoms with Gasteiger partial charge in [-0.3, -0.25) is 4.79 Å². The van der Waals surface area contributed by atoms with Gasteiger partial charge in [0.05, 0.1) is 18.0 Å². The van der Waals surface area contributed by atoms with Crippen LogP contribution in [-0.2, 0) is 4.79 Å². The second kappa shape index (κ2) is 7.59. The fourth-order valence-corrected chi connectivity index (χ4v) is 3.72. The van der Waals surface area contributed by atoms with E-state index in [1.54, 1.807) is 12.1 Å². The Kier molecular flexibility index (Phi) is 4.65. The summed E-state index contributed by atoms with van der Waals surface area (Å²) in [7, 11) is 0. The molecule has 0 saturated carbocycles. The van der Waals surface area contributed by atoms with Crippen molar-refractivity contribution in [2.24, 2.45) is 5.10 Å². The van der Waals surface area contributed by atoms with Gasteiger partial charge in [-0.2, -0.15) is 5.10 Å². The highest BCUT2D eigenvalue weighted by Crippen LogP contribution is 2.36. The molecule has 1 aromatic heterocycles. The van der Waals surface area contributed by atoms with Gasteiger partial charge in [-0.15, -0.1) is 10.2 Å². The molecule has 1 amide bonds. The number of nitrogens with zero attached hydrogens (tertiary/aromatic N) is 4. The predicted molar refractivity (Wildman–Crippen MR) is 106 cm³/mol. The lowest BCUT2D eigenvalue weighted by molar-refractivity contribution is -0.127. The molecule has 0 fully saturated rings. The average molecular weight is 408 g/mol. The predicted octanol–water partition coefficient (Wildman–Crippen LogP) is 3.19. The van der Waals surface area contributed by atoms with Crippen molar-refractivity contribution in [1.82, 2.24) is 15.2 Å². The molecule has 0 radical (unpaired) electrons. The quantitative estimate of drug-likeness (QED) is 0.599. The topological polar surface area (TPSA) is 90.0 Å². The minimum atomic E-state index is -0.0937. The van der Waals surface area contributed by atoms with Gasteiger partial charge in [0.2, 0.25) is 12.7 Å². The molecule has 0 atom stereocenters. The van der Waals surface area contributed by atoms with E-state index in [4.69, 9.17) is 13.9 Å². The van der Waals surface area contributed by atoms with Crippen molar-refractivity contribution in [1.29, 1.82) is 0 Å². The van der Waals surface area contributed by atoms with Gasteiger partial charge in [0.25, 0.3) is 11.1 Å². The summed E-state index contributed by atoms with van der Waals surface area (Å²) in [6.45, 7) is 0.784. The van der Waals surface area contributed by atoms with Crippen molar-refractivity contribution in [2.75, 3.05) is 19.1 Å². The van der Waals surface area contributed by atoms with Crippen LogP contribution in [0.25, 0.3) is 11.5 Å². The molecule has 2 aromatic carbocycles. The Hall–Kier alpha value is -3.33. The highest BCUT2D eigenvalue weighted by atomic mass is 32.2. The number of hydrazone groups is 1. The molecule has 8 nitrogen and oxygen atoms in total. The molecule has 0 saturated heterocycles. The summed E-state index contributed by atoms with van der Waals surface area (Å²) in [5, 5.41) is 14.4. The van der Waals surface area contributed by atoms with E-state index >= 15 is 0 Å². The summed E-state index contributed by atoms with van der Waals surface area (Å²) in [5.74, 6) is 1.78. The summed E-state index contributed by atoms with van der Waals surface area (Å²) in [4.78, 5) is 12.5. The van der Waals surface area contributed by atoms with Gasteiger partial charge in [0.15, 0.2) is 11.5 Å². The van der Waals surface area contributed by atoms with Crippen molar-refractivity contribution < 1.29 is 18.7 Å². The Morgan fingerprint density at radius 2 is 1.90 bits per heavy atom. The number of rotatable bonds is 5. The molecule has 0 N–H and O–H groups in total. The van der Waals surface area contributed by atoms with Crippen molar-refractivity contribution in [2.45, 2.75) is 11.6 Å². The number of hydrogen-bond donors (Lipinski definition) is 0. The molecular formula is C20H16N4O4S. The van der Waals surface area contributed by atoms with Crippen molar-refractivity contribution in [3.8, 4) is 23.0 Å². The van der Waals surface area contributed by atoms with Crippen LogP contribution < -0.4 is 9.47 Å². The number of benzene rings is 2. The third kappa shape index (κ3) is 3.68. The highest BCUT2D eigenvalue weighted by molar-refractivity contribution is 7.99. The van der Waals surface area contributed by atoms with Gasteiger partial charge < -0.3 is 13.9 Å². The molecule has 3 heterocycles. The van der Waals surface area contributed by atoms with E-state index in [2.05, 4.69) is 15.3 Å². The van der Waals surface area contributed by atoms with E-state index in [0.717, 1.165) is 23.3 Å². The maximum absolute atomic E-state index is 12.5. The second-order valence-electron chi connectivity index (χ2n) is 6.41. The van der Waals surface area contributed by atoms with Crippen LogP contribution in [0.15, 0.2) is 63.3 Å². The molecule has 2 aliphatic rings. The van der Waals surface area contributed by atoms with Crippen LogP contribution in [0.2, 0.25) is 0 Å². The lowest BCUT2D eigenvalue weighted by Gasteiger charge is -2.09. The Morgan fingerprint density at radius 1 is 1.03 bits per heavy atom. The molecule has 0 unspecified atom stereocenters. The first-order valence-corrected chi connectivity index (χ1v) is 10.0. The van der Waals surface area contributed by atoms with Gasteiger partial charge in [0, 0.05) is 12.0 Å². The molecule has 0 bridgehead atoms. The van der Waals surface area contributed by atoms with E-state index in [9.17, 15) is 4.79 Å². The van der Waals surface area contributed by atoms with Gasteiger partial charge in [-0.25, -0.2) is 5.01 Å². The van der Waals surface area contributed by atoms with Gasteiger partial charge in [-0.05, 0) is 23.8 Å². The first kappa shape index (κ1) is 17.7. The molecule has 9 heteroatoms. The smallest absolute Gasteiger partial charge is 0.277 e. The molecular weight excluding hydrogens is 392 g/mol. The summed E-state index contributed by atoms with van der Waals surface area (Å²) < 4.78 is 16.3. The summed E-state index contributed by atoms with van der Waals surface area (Å²) >= 11 is 1.20. The van der Waals surface area contributed by atoms with Crippen molar-refractivity contribution in [3.63, 3.8) is 0 Å². The van der Waals surface area contributed by atoms with Crippen LogP contribution >= 0.6 is 11.8 Å². The first-order valence-electron chi connectivity index (χ1n) is 9.06. The second-order valence-corrected chi connectivity index (χ2v) is 7.34. The van der Waals surface area contributed by atoms with Crippen LogP contribution in [0.1, 0.15) is 12.0 Å². The number of amides is 1. The summed E-state index contributed by atoms with van der Waals surface area (Å²) in [5.41, 5.74) is 2.70. The van der Waals surface area contributed by atoms with Crippen LogP contribution in [0.4, 0.5) is 0 Å². The normalized spacial score (nSPS) is 14.9. The molecule has 3 aromatic rings. The zero-order chi connectivity index (χ0) is 19.6. The summed E-state index contributed by atoms with van der Waals surface area (Å²) in [6.07, 6.45) is 0.745. The lowest BCUT2D eigenvalue weighted by atomic mass is 10.1. The number of ether oxygens (including phenoxy) is 2. The number of hydrogen-bond acceptors (Lipinski definition) is 8. The molecule has 0 spiro atoms. The molecule has 2 aliphatic heterocycles. The molecule has 29 heavy (non-hydrogen) atoms. The fourth-order valence-electron chi connectivity index (χ4n) is 3.08. The average Bonchev–Trinajstić information content (AvgIpc) is 3.52. The number of carbonyl (C=O) groups excluding carboxylic acids is 1. The van der Waals surface area contributed by atoms with Gasteiger partial charge >= 0.3 is 0 Å². The first-order chi connectivity index (χ1) is 14.3. The SMILES string of the molecule is O=C(CSc1nnc(-c2ccc3c(c2)OCO3)o1)N1CCC(c2ccccc2)=N1. The van der Waals surface area contributed by atoms with E-state index < -0.39 is 0 Å². The van der Waals surface area contributed by atoms with E-state index in [1.165, 1.54) is 16.8 Å².